The second kappa shape index (κ2) is 6.25. The molecule has 0 aliphatic carbocycles. The highest BCUT2D eigenvalue weighted by atomic mass is 16.3. The third-order valence-electron chi connectivity index (χ3n) is 3.17. The number of rotatable bonds is 2. The van der Waals surface area contributed by atoms with Crippen LogP contribution in [0.3, 0.4) is 0 Å². The van der Waals surface area contributed by atoms with E-state index < -0.39 is 0 Å². The van der Waals surface area contributed by atoms with E-state index in [9.17, 15) is 5.11 Å². The molecular formula is C13H20N6O. The number of hydrogen-bond acceptors (Lipinski definition) is 3. The first-order chi connectivity index (χ1) is 9.56. The van der Waals surface area contributed by atoms with Gasteiger partial charge in [0.15, 0.2) is 5.96 Å². The van der Waals surface area contributed by atoms with Crippen molar-refractivity contribution in [2.45, 2.75) is 18.9 Å². The number of guanidine groups is 2. The number of para-hydroxylation sites is 2. The summed E-state index contributed by atoms with van der Waals surface area (Å²) in [6, 6.07) is 7.65. The Hall–Kier alpha value is -2.28. The summed E-state index contributed by atoms with van der Waals surface area (Å²) in [6.07, 6.45) is 1.29. The predicted octanol–water partition coefficient (Wildman–Crippen LogP) is -0.133. The Balaban J connectivity index is 2.24. The predicted molar refractivity (Wildman–Crippen MR) is 81.0 cm³/mol. The van der Waals surface area contributed by atoms with Crippen LogP contribution in [0.5, 0.6) is 0 Å². The van der Waals surface area contributed by atoms with Crippen LogP contribution in [0, 0.1) is 0 Å². The van der Waals surface area contributed by atoms with E-state index in [1.165, 1.54) is 0 Å². The maximum atomic E-state index is 9.57. The molecule has 1 saturated heterocycles. The molecule has 7 nitrogen and oxygen atoms in total. The molecule has 2 rings (SSSR count). The van der Waals surface area contributed by atoms with Gasteiger partial charge in [0.1, 0.15) is 0 Å². The van der Waals surface area contributed by atoms with Gasteiger partial charge in [-0.1, -0.05) is 12.1 Å². The van der Waals surface area contributed by atoms with Crippen molar-refractivity contribution in [3.8, 4) is 0 Å². The smallest absolute Gasteiger partial charge is 0.223 e. The van der Waals surface area contributed by atoms with Crippen molar-refractivity contribution in [1.29, 1.82) is 0 Å². The zero-order chi connectivity index (χ0) is 14.5. The first-order valence-electron chi connectivity index (χ1n) is 6.52. The van der Waals surface area contributed by atoms with Crippen LogP contribution in [0.25, 0.3) is 0 Å². The lowest BCUT2D eigenvalue weighted by Gasteiger charge is -2.32. The fourth-order valence-electron chi connectivity index (χ4n) is 2.21. The molecule has 0 spiro atoms. The van der Waals surface area contributed by atoms with Crippen LogP contribution >= 0.6 is 0 Å². The molecule has 1 fully saturated rings. The molecule has 1 aromatic rings. The van der Waals surface area contributed by atoms with Crippen LogP contribution in [0.1, 0.15) is 12.8 Å². The van der Waals surface area contributed by atoms with E-state index in [1.807, 2.05) is 24.3 Å². The average Bonchev–Trinajstić information content (AvgIpc) is 2.39. The SMILES string of the molecule is NC(N)=NC(N)=Nc1ccccc1N1CCC(O)CC1. The van der Waals surface area contributed by atoms with Crippen molar-refractivity contribution in [2.75, 3.05) is 18.0 Å². The summed E-state index contributed by atoms with van der Waals surface area (Å²) in [5, 5.41) is 9.57. The third kappa shape index (κ3) is 3.61. The van der Waals surface area contributed by atoms with Crippen LogP contribution < -0.4 is 22.1 Å². The van der Waals surface area contributed by atoms with Gasteiger partial charge in [-0.3, -0.25) is 0 Å². The van der Waals surface area contributed by atoms with Gasteiger partial charge in [-0.25, -0.2) is 4.99 Å². The minimum Gasteiger partial charge on any atom is -0.393 e. The highest BCUT2D eigenvalue weighted by Crippen LogP contribution is 2.30. The summed E-state index contributed by atoms with van der Waals surface area (Å²) in [4.78, 5) is 10.1. The Morgan fingerprint density at radius 2 is 1.80 bits per heavy atom. The molecule has 0 bridgehead atoms. The fourth-order valence-corrected chi connectivity index (χ4v) is 2.21. The maximum absolute atomic E-state index is 9.57. The minimum atomic E-state index is -0.214. The zero-order valence-electron chi connectivity index (χ0n) is 11.2. The highest BCUT2D eigenvalue weighted by molar-refractivity contribution is 5.94. The van der Waals surface area contributed by atoms with Crippen molar-refractivity contribution in [2.24, 2.45) is 27.2 Å². The van der Waals surface area contributed by atoms with Gasteiger partial charge in [0, 0.05) is 13.1 Å². The van der Waals surface area contributed by atoms with Crippen LogP contribution in [-0.4, -0.2) is 36.2 Å². The molecule has 7 heteroatoms. The molecule has 108 valence electrons. The summed E-state index contributed by atoms with van der Waals surface area (Å²) in [5.74, 6) is -0.0979. The van der Waals surface area contributed by atoms with Crippen molar-refractivity contribution in [3.63, 3.8) is 0 Å². The lowest BCUT2D eigenvalue weighted by Crippen LogP contribution is -2.35. The van der Waals surface area contributed by atoms with Gasteiger partial charge in [-0.15, -0.1) is 0 Å². The van der Waals surface area contributed by atoms with E-state index in [-0.39, 0.29) is 18.0 Å². The van der Waals surface area contributed by atoms with Crippen LogP contribution in [0.2, 0.25) is 0 Å². The summed E-state index contributed by atoms with van der Waals surface area (Å²) in [6.45, 7) is 1.58. The monoisotopic (exact) mass is 276 g/mol. The Kier molecular flexibility index (Phi) is 4.41. The molecule has 0 aromatic heterocycles. The normalized spacial score (nSPS) is 17.1. The zero-order valence-corrected chi connectivity index (χ0v) is 11.2. The lowest BCUT2D eigenvalue weighted by molar-refractivity contribution is 0.145. The topological polar surface area (TPSA) is 126 Å². The van der Waals surface area contributed by atoms with E-state index in [0.29, 0.717) is 5.69 Å². The second-order valence-electron chi connectivity index (χ2n) is 4.71. The van der Waals surface area contributed by atoms with Gasteiger partial charge in [-0.05, 0) is 25.0 Å². The highest BCUT2D eigenvalue weighted by Gasteiger charge is 2.19. The molecule has 1 aromatic carbocycles. The van der Waals surface area contributed by atoms with Crippen molar-refractivity contribution < 1.29 is 5.11 Å². The van der Waals surface area contributed by atoms with E-state index in [4.69, 9.17) is 17.2 Å². The molecule has 0 atom stereocenters. The molecule has 0 saturated carbocycles. The fraction of sp³-hybridized carbons (Fsp3) is 0.385. The number of aliphatic imine (C=N–C) groups is 2. The number of hydrogen-bond donors (Lipinski definition) is 4. The van der Waals surface area contributed by atoms with Crippen LogP contribution in [-0.2, 0) is 0 Å². The van der Waals surface area contributed by atoms with E-state index in [0.717, 1.165) is 31.6 Å². The summed E-state index contributed by atoms with van der Waals surface area (Å²) in [5.41, 5.74) is 17.9. The number of benzene rings is 1. The molecular weight excluding hydrogens is 256 g/mol. The third-order valence-corrected chi connectivity index (χ3v) is 3.17. The molecule has 0 unspecified atom stereocenters. The van der Waals surface area contributed by atoms with Gasteiger partial charge in [0.2, 0.25) is 5.96 Å². The number of nitrogens with two attached hydrogens (primary N) is 3. The molecule has 7 N–H and O–H groups in total. The van der Waals surface area contributed by atoms with Gasteiger partial charge < -0.3 is 27.2 Å². The maximum Gasteiger partial charge on any atom is 0.223 e. The number of aliphatic hydroxyl groups excluding tert-OH is 1. The molecule has 0 amide bonds. The molecule has 0 radical (unpaired) electrons. The summed E-state index contributed by atoms with van der Waals surface area (Å²) in [7, 11) is 0. The second-order valence-corrected chi connectivity index (χ2v) is 4.71. The number of aliphatic hydroxyl groups is 1. The van der Waals surface area contributed by atoms with Gasteiger partial charge in [0.05, 0.1) is 17.5 Å². The molecule has 1 aliphatic rings. The van der Waals surface area contributed by atoms with Crippen LogP contribution in [0.4, 0.5) is 11.4 Å². The number of nitrogens with zero attached hydrogens (tertiary/aromatic N) is 3. The Morgan fingerprint density at radius 3 is 2.45 bits per heavy atom. The van der Waals surface area contributed by atoms with Crippen LogP contribution in [0.15, 0.2) is 34.3 Å². The largest absolute Gasteiger partial charge is 0.393 e. The summed E-state index contributed by atoms with van der Waals surface area (Å²) < 4.78 is 0. The van der Waals surface area contributed by atoms with E-state index in [1.54, 1.807) is 0 Å². The van der Waals surface area contributed by atoms with E-state index >= 15 is 0 Å². The standard InChI is InChI=1S/C13H20N6O/c14-12(15)18-13(16)17-10-3-1-2-4-11(10)19-7-5-9(20)6-8-19/h1-4,9,20H,5-8H2,(H6,14,15,16,17,18). The first kappa shape index (κ1) is 14.1. The molecule has 20 heavy (non-hydrogen) atoms. The van der Waals surface area contributed by atoms with Gasteiger partial charge in [-0.2, -0.15) is 4.99 Å². The molecule has 1 aliphatic heterocycles. The van der Waals surface area contributed by atoms with Gasteiger partial charge in [0.25, 0.3) is 0 Å². The Labute approximate surface area is 117 Å². The van der Waals surface area contributed by atoms with Crippen molar-refractivity contribution >= 4 is 23.3 Å². The Bertz CT molecular complexity index is 515. The van der Waals surface area contributed by atoms with Crippen molar-refractivity contribution in [1.82, 2.24) is 0 Å². The number of anilines is 1. The number of piperidine rings is 1. The molecule has 1 heterocycles. The Morgan fingerprint density at radius 1 is 1.15 bits per heavy atom. The minimum absolute atomic E-state index is 0.0227. The van der Waals surface area contributed by atoms with Gasteiger partial charge >= 0.3 is 0 Å². The average molecular weight is 276 g/mol. The quantitative estimate of drug-likeness (QED) is 0.442. The first-order valence-corrected chi connectivity index (χ1v) is 6.52. The lowest BCUT2D eigenvalue weighted by atomic mass is 10.1. The van der Waals surface area contributed by atoms with E-state index in [2.05, 4.69) is 14.9 Å². The summed E-state index contributed by atoms with van der Waals surface area (Å²) >= 11 is 0. The van der Waals surface area contributed by atoms with Crippen molar-refractivity contribution in [3.05, 3.63) is 24.3 Å².